The number of unbranched alkanes of at least 4 members (excludes halogenated alkanes) is 1. The molecule has 2 N–H and O–H groups in total. The maximum atomic E-state index is 12.2. The minimum Gasteiger partial charge on any atom is -0.360 e. The molecule has 25 heavy (non-hydrogen) atoms. The fourth-order valence-corrected chi connectivity index (χ4v) is 2.62. The number of nitrogens with one attached hydrogen (secondary N) is 2. The van der Waals surface area contributed by atoms with Crippen LogP contribution >= 0.6 is 15.9 Å². The molecule has 0 spiro atoms. The fraction of sp³-hybridized carbons (Fsp3) is 0.200. The molecule has 0 atom stereocenters. The highest BCUT2D eigenvalue weighted by Gasteiger charge is 2.09. The number of rotatable bonds is 7. The number of aryl methyl sites for hydroxylation is 1. The summed E-state index contributed by atoms with van der Waals surface area (Å²) in [6.45, 7) is 2.16. The summed E-state index contributed by atoms with van der Waals surface area (Å²) in [6, 6.07) is 17.1. The van der Waals surface area contributed by atoms with E-state index in [-0.39, 0.29) is 5.57 Å². The van der Waals surface area contributed by atoms with Gasteiger partial charge < -0.3 is 10.6 Å². The maximum Gasteiger partial charge on any atom is 0.267 e. The summed E-state index contributed by atoms with van der Waals surface area (Å²) >= 11 is 3.38. The lowest BCUT2D eigenvalue weighted by Gasteiger charge is -2.07. The van der Waals surface area contributed by atoms with Crippen LogP contribution in [0, 0.1) is 11.3 Å². The quantitative estimate of drug-likeness (QED) is 0.495. The summed E-state index contributed by atoms with van der Waals surface area (Å²) in [7, 11) is 0. The number of hydrogen-bond donors (Lipinski definition) is 2. The van der Waals surface area contributed by atoms with Crippen LogP contribution in [-0.4, -0.2) is 5.91 Å². The Bertz CT molecular complexity index is 791. The molecular formula is C20H20BrN3O. The van der Waals surface area contributed by atoms with Crippen LogP contribution in [0.25, 0.3) is 0 Å². The Balaban J connectivity index is 1.99. The number of halogens is 1. The van der Waals surface area contributed by atoms with Crippen LogP contribution in [0.1, 0.15) is 25.3 Å². The first-order valence-electron chi connectivity index (χ1n) is 8.15. The van der Waals surface area contributed by atoms with E-state index in [1.54, 1.807) is 0 Å². The predicted octanol–water partition coefficient (Wildman–Crippen LogP) is 5.25. The van der Waals surface area contributed by atoms with E-state index in [9.17, 15) is 10.1 Å². The van der Waals surface area contributed by atoms with E-state index in [2.05, 4.69) is 33.5 Å². The van der Waals surface area contributed by atoms with E-state index in [0.717, 1.165) is 29.4 Å². The molecule has 0 aliphatic heterocycles. The monoisotopic (exact) mass is 397 g/mol. The van der Waals surface area contributed by atoms with E-state index in [1.807, 2.05) is 54.6 Å². The molecule has 0 unspecified atom stereocenters. The number of amides is 1. The third-order valence-corrected chi connectivity index (χ3v) is 4.10. The third kappa shape index (κ3) is 6.09. The second-order valence-corrected chi connectivity index (χ2v) is 6.49. The van der Waals surface area contributed by atoms with Crippen molar-refractivity contribution in [1.82, 2.24) is 0 Å². The number of carbonyl (C=O) groups excluding carboxylic acids is 1. The van der Waals surface area contributed by atoms with Gasteiger partial charge in [-0.1, -0.05) is 47.5 Å². The van der Waals surface area contributed by atoms with Crippen LogP contribution in [0.15, 0.2) is 64.8 Å². The van der Waals surface area contributed by atoms with Gasteiger partial charge in [0, 0.05) is 22.0 Å². The van der Waals surface area contributed by atoms with Crippen LogP contribution in [0.3, 0.4) is 0 Å². The zero-order chi connectivity index (χ0) is 18.1. The Hall–Kier alpha value is -2.58. The van der Waals surface area contributed by atoms with Crippen LogP contribution in [-0.2, 0) is 11.2 Å². The number of anilines is 2. The highest BCUT2D eigenvalue weighted by atomic mass is 79.9. The molecule has 0 saturated heterocycles. The highest BCUT2D eigenvalue weighted by Crippen LogP contribution is 2.16. The number of hydrogen-bond acceptors (Lipinski definition) is 3. The van der Waals surface area contributed by atoms with E-state index in [1.165, 1.54) is 11.8 Å². The first kappa shape index (κ1) is 18.8. The third-order valence-electron chi connectivity index (χ3n) is 3.60. The van der Waals surface area contributed by atoms with Crippen molar-refractivity contribution in [3.8, 4) is 6.07 Å². The first-order chi connectivity index (χ1) is 12.1. The van der Waals surface area contributed by atoms with E-state index in [4.69, 9.17) is 0 Å². The summed E-state index contributed by atoms with van der Waals surface area (Å²) in [5.41, 5.74) is 2.71. The smallest absolute Gasteiger partial charge is 0.267 e. The van der Waals surface area contributed by atoms with Gasteiger partial charge in [-0.15, -0.1) is 0 Å². The van der Waals surface area contributed by atoms with Gasteiger partial charge in [0.1, 0.15) is 11.6 Å². The Kier molecular flexibility index (Phi) is 7.24. The van der Waals surface area contributed by atoms with Gasteiger partial charge >= 0.3 is 0 Å². The van der Waals surface area contributed by atoms with Crippen molar-refractivity contribution in [2.45, 2.75) is 26.2 Å². The summed E-state index contributed by atoms with van der Waals surface area (Å²) in [5.74, 6) is -0.439. The van der Waals surface area contributed by atoms with Gasteiger partial charge in [-0.25, -0.2) is 0 Å². The molecule has 0 radical (unpaired) electrons. The summed E-state index contributed by atoms with van der Waals surface area (Å²) in [4.78, 5) is 12.2. The molecule has 0 aliphatic carbocycles. The number of nitrogens with zero attached hydrogens (tertiary/aromatic N) is 1. The molecule has 5 heteroatoms. The zero-order valence-corrected chi connectivity index (χ0v) is 15.6. The normalized spacial score (nSPS) is 10.8. The van der Waals surface area contributed by atoms with Gasteiger partial charge in [0.05, 0.1) is 0 Å². The van der Waals surface area contributed by atoms with Crippen molar-refractivity contribution in [3.63, 3.8) is 0 Å². The average Bonchev–Trinajstić information content (AvgIpc) is 2.62. The van der Waals surface area contributed by atoms with Crippen LogP contribution < -0.4 is 10.6 Å². The standard InChI is InChI=1S/C20H20BrN3O/c1-2-3-5-15-8-10-18(11-9-15)24-20(25)16(13-22)14-23-19-7-4-6-17(21)12-19/h4,6-12,14,23H,2-3,5H2,1H3,(H,24,25)/b16-14-. The molecule has 2 aromatic carbocycles. The molecule has 0 aliphatic rings. The molecule has 0 bridgehead atoms. The minimum absolute atomic E-state index is 0.00929. The topological polar surface area (TPSA) is 64.9 Å². The predicted molar refractivity (Wildman–Crippen MR) is 105 cm³/mol. The Morgan fingerprint density at radius 2 is 1.96 bits per heavy atom. The lowest BCUT2D eigenvalue weighted by atomic mass is 10.1. The van der Waals surface area contributed by atoms with Gasteiger partial charge in [0.15, 0.2) is 0 Å². The van der Waals surface area contributed by atoms with Gasteiger partial charge in [0.2, 0.25) is 0 Å². The molecule has 2 rings (SSSR count). The second kappa shape index (κ2) is 9.65. The van der Waals surface area contributed by atoms with Crippen LogP contribution in [0.5, 0.6) is 0 Å². The largest absolute Gasteiger partial charge is 0.360 e. The SMILES string of the molecule is CCCCc1ccc(NC(=O)/C(C#N)=C\Nc2cccc(Br)c2)cc1. The minimum atomic E-state index is -0.439. The molecule has 128 valence electrons. The van der Waals surface area contributed by atoms with Crippen molar-refractivity contribution < 1.29 is 4.79 Å². The van der Waals surface area contributed by atoms with Gasteiger partial charge in [-0.3, -0.25) is 4.79 Å². The molecule has 0 saturated carbocycles. The summed E-state index contributed by atoms with van der Waals surface area (Å²) in [6.07, 6.45) is 4.74. The fourth-order valence-electron chi connectivity index (χ4n) is 2.22. The molecular weight excluding hydrogens is 378 g/mol. The van der Waals surface area contributed by atoms with E-state index >= 15 is 0 Å². The van der Waals surface area contributed by atoms with Crippen LogP contribution in [0.2, 0.25) is 0 Å². The molecule has 1 amide bonds. The number of carbonyl (C=O) groups is 1. The lowest BCUT2D eigenvalue weighted by molar-refractivity contribution is -0.112. The van der Waals surface area contributed by atoms with E-state index < -0.39 is 5.91 Å². The zero-order valence-electron chi connectivity index (χ0n) is 14.1. The van der Waals surface area contributed by atoms with Crippen molar-refractivity contribution in [2.75, 3.05) is 10.6 Å². The molecule has 4 nitrogen and oxygen atoms in total. The number of nitriles is 1. The van der Waals surface area contributed by atoms with Crippen LogP contribution in [0.4, 0.5) is 11.4 Å². The Morgan fingerprint density at radius 3 is 2.60 bits per heavy atom. The Labute approximate surface area is 156 Å². The first-order valence-corrected chi connectivity index (χ1v) is 8.94. The van der Waals surface area contributed by atoms with Crippen molar-refractivity contribution in [2.24, 2.45) is 0 Å². The average molecular weight is 398 g/mol. The lowest BCUT2D eigenvalue weighted by Crippen LogP contribution is -2.14. The Morgan fingerprint density at radius 1 is 1.20 bits per heavy atom. The molecule has 0 fully saturated rings. The summed E-state index contributed by atoms with van der Waals surface area (Å²) in [5, 5.41) is 14.9. The molecule has 0 heterocycles. The highest BCUT2D eigenvalue weighted by molar-refractivity contribution is 9.10. The number of benzene rings is 2. The van der Waals surface area contributed by atoms with Crippen molar-refractivity contribution >= 4 is 33.2 Å². The van der Waals surface area contributed by atoms with Gasteiger partial charge in [0.25, 0.3) is 5.91 Å². The van der Waals surface area contributed by atoms with Gasteiger partial charge in [-0.05, 0) is 48.7 Å². The molecule has 2 aromatic rings. The van der Waals surface area contributed by atoms with Crippen molar-refractivity contribution in [3.05, 3.63) is 70.3 Å². The van der Waals surface area contributed by atoms with E-state index in [0.29, 0.717) is 5.69 Å². The summed E-state index contributed by atoms with van der Waals surface area (Å²) < 4.78 is 0.914. The van der Waals surface area contributed by atoms with Crippen molar-refractivity contribution in [1.29, 1.82) is 5.26 Å². The molecule has 0 aromatic heterocycles. The second-order valence-electron chi connectivity index (χ2n) is 5.58. The maximum absolute atomic E-state index is 12.2. The van der Waals surface area contributed by atoms with Gasteiger partial charge in [-0.2, -0.15) is 5.26 Å².